The maximum absolute atomic E-state index is 4.70. The predicted molar refractivity (Wildman–Crippen MR) is 27.1 cm³/mol. The van der Waals surface area contributed by atoms with E-state index in [2.05, 4.69) is 23.5 Å². The fraction of sp³-hybridized carbons (Fsp3) is 0. The molecule has 0 unspecified atom stereocenters. The standard InChI is InChI=1S/C4B2/c5-3-1-2-4-6. The van der Waals surface area contributed by atoms with E-state index in [0.717, 1.165) is 0 Å². The molecule has 0 aromatic rings. The van der Waals surface area contributed by atoms with E-state index in [1.807, 2.05) is 0 Å². The quantitative estimate of drug-likeness (QED) is 0.259. The SMILES string of the molecule is [B]C#CC#C[B]. The van der Waals surface area contributed by atoms with E-state index >= 15 is 0 Å². The minimum Gasteiger partial charge on any atom is -0.158 e. The molecule has 22 valence electrons. The molecule has 0 aliphatic rings. The van der Waals surface area contributed by atoms with Gasteiger partial charge in [0.1, 0.15) is 0 Å². The molecule has 0 saturated carbocycles. The Kier molecular flexibility index (Phi) is 3.72. The van der Waals surface area contributed by atoms with Gasteiger partial charge in [-0.15, -0.1) is 0 Å². The third-order valence-electron chi connectivity index (χ3n) is 0.207. The molecule has 0 amide bonds. The average Bonchev–Trinajstić information content (AvgIpc) is 1.61. The Morgan fingerprint density at radius 3 is 1.33 bits per heavy atom. The van der Waals surface area contributed by atoms with Crippen molar-refractivity contribution in [1.29, 1.82) is 0 Å². The molecule has 0 N–H and O–H groups in total. The van der Waals surface area contributed by atoms with Gasteiger partial charge in [-0.05, 0) is 11.8 Å². The van der Waals surface area contributed by atoms with Crippen LogP contribution in [0.25, 0.3) is 0 Å². The Labute approximate surface area is 40.1 Å². The summed E-state index contributed by atoms with van der Waals surface area (Å²) in [4.78, 5) is 0. The minimum absolute atomic E-state index is 2.06. The van der Waals surface area contributed by atoms with Gasteiger partial charge in [-0.1, -0.05) is 0 Å². The first-order valence-electron chi connectivity index (χ1n) is 1.33. The van der Waals surface area contributed by atoms with Crippen molar-refractivity contribution in [1.82, 2.24) is 0 Å². The van der Waals surface area contributed by atoms with Gasteiger partial charge < -0.3 is 0 Å². The Bertz CT molecular complexity index is 109. The average molecular weight is 69.7 g/mol. The van der Waals surface area contributed by atoms with Crippen LogP contribution in [-0.4, -0.2) is 15.7 Å². The van der Waals surface area contributed by atoms with Gasteiger partial charge in [-0.3, -0.25) is 0 Å². The molecule has 0 aromatic heterocycles. The van der Waals surface area contributed by atoms with Crippen molar-refractivity contribution in [2.75, 3.05) is 0 Å². The van der Waals surface area contributed by atoms with Crippen LogP contribution in [0.3, 0.4) is 0 Å². The Morgan fingerprint density at radius 1 is 0.833 bits per heavy atom. The van der Waals surface area contributed by atoms with Crippen molar-refractivity contribution < 1.29 is 0 Å². The van der Waals surface area contributed by atoms with Crippen LogP contribution in [0.5, 0.6) is 0 Å². The third-order valence-corrected chi connectivity index (χ3v) is 0.207. The normalized spacial score (nSPS) is 3.33. The topological polar surface area (TPSA) is 0 Å². The van der Waals surface area contributed by atoms with Crippen molar-refractivity contribution in [3.05, 3.63) is 0 Å². The summed E-state index contributed by atoms with van der Waals surface area (Å²) in [6, 6.07) is 0. The number of rotatable bonds is 0. The van der Waals surface area contributed by atoms with Crippen LogP contribution in [0.2, 0.25) is 0 Å². The van der Waals surface area contributed by atoms with E-state index in [4.69, 9.17) is 15.7 Å². The minimum atomic E-state index is 2.06. The molecule has 0 rings (SSSR count). The summed E-state index contributed by atoms with van der Waals surface area (Å²) < 4.78 is 0. The highest BCUT2D eigenvalue weighted by molar-refractivity contribution is 6.23. The molecule has 0 spiro atoms. The predicted octanol–water partition coefficient (Wildman–Crippen LogP) is -0.755. The van der Waals surface area contributed by atoms with E-state index in [9.17, 15) is 0 Å². The van der Waals surface area contributed by atoms with Crippen molar-refractivity contribution in [3.8, 4) is 23.5 Å². The molecular formula is C4B2. The highest BCUT2D eigenvalue weighted by Crippen LogP contribution is 1.40. The second kappa shape index (κ2) is 4.25. The van der Waals surface area contributed by atoms with E-state index in [-0.39, 0.29) is 0 Å². The Morgan fingerprint density at radius 2 is 1.17 bits per heavy atom. The second-order valence-electron chi connectivity index (χ2n) is 0.539. The van der Waals surface area contributed by atoms with Crippen molar-refractivity contribution in [2.24, 2.45) is 0 Å². The van der Waals surface area contributed by atoms with E-state index in [1.165, 1.54) is 0 Å². The first-order chi connectivity index (χ1) is 2.91. The first-order valence-corrected chi connectivity index (χ1v) is 1.33. The smallest absolute Gasteiger partial charge is 0.158 e. The summed E-state index contributed by atoms with van der Waals surface area (Å²) in [5.74, 6) is 8.61. The zero-order chi connectivity index (χ0) is 4.83. The van der Waals surface area contributed by atoms with Gasteiger partial charge in [0.25, 0.3) is 0 Å². The molecule has 0 aliphatic carbocycles. The number of hydrogen-bond donors (Lipinski definition) is 0. The summed E-state index contributed by atoms with van der Waals surface area (Å²) >= 11 is 0. The summed E-state index contributed by atoms with van der Waals surface area (Å²) in [5, 5.41) is 0. The molecule has 0 aromatic carbocycles. The van der Waals surface area contributed by atoms with Gasteiger partial charge in [0.2, 0.25) is 0 Å². The van der Waals surface area contributed by atoms with E-state index in [0.29, 0.717) is 0 Å². The van der Waals surface area contributed by atoms with Gasteiger partial charge in [-0.25, -0.2) is 0 Å². The molecule has 0 fully saturated rings. The van der Waals surface area contributed by atoms with Gasteiger partial charge in [0.05, 0.1) is 0 Å². The lowest BCUT2D eigenvalue weighted by Crippen LogP contribution is -1.52. The van der Waals surface area contributed by atoms with E-state index in [1.54, 1.807) is 0 Å². The van der Waals surface area contributed by atoms with Crippen molar-refractivity contribution in [3.63, 3.8) is 0 Å². The van der Waals surface area contributed by atoms with Gasteiger partial charge in [0, 0.05) is 0 Å². The Hall–Kier alpha value is -0.750. The number of hydrogen-bond acceptors (Lipinski definition) is 0. The summed E-state index contributed by atoms with van der Waals surface area (Å²) in [7, 11) is 9.39. The molecule has 0 aliphatic heterocycles. The molecule has 0 nitrogen and oxygen atoms in total. The van der Waals surface area contributed by atoms with Crippen molar-refractivity contribution in [2.45, 2.75) is 0 Å². The summed E-state index contributed by atoms with van der Waals surface area (Å²) in [6.45, 7) is 0. The maximum atomic E-state index is 4.70. The van der Waals surface area contributed by atoms with Gasteiger partial charge in [-0.2, -0.15) is 11.6 Å². The molecule has 0 bridgehead atoms. The molecular weight excluding hydrogens is 69.7 g/mol. The van der Waals surface area contributed by atoms with E-state index < -0.39 is 0 Å². The van der Waals surface area contributed by atoms with Crippen LogP contribution in [0, 0.1) is 23.5 Å². The lowest BCUT2D eigenvalue weighted by atomic mass is 10.1. The molecule has 4 radical (unpaired) electrons. The van der Waals surface area contributed by atoms with Crippen molar-refractivity contribution >= 4 is 15.7 Å². The fourth-order valence-corrected chi connectivity index (χ4v) is 0.0722. The molecule has 2 heteroatoms. The van der Waals surface area contributed by atoms with Crippen LogP contribution in [0.15, 0.2) is 0 Å². The lowest BCUT2D eigenvalue weighted by Gasteiger charge is -1.49. The fourth-order valence-electron chi connectivity index (χ4n) is 0.0722. The zero-order valence-corrected chi connectivity index (χ0v) is 3.15. The monoisotopic (exact) mass is 70.0 g/mol. The molecule has 0 heterocycles. The maximum Gasteiger partial charge on any atom is 0.189 e. The van der Waals surface area contributed by atoms with Crippen LogP contribution >= 0.6 is 0 Å². The highest BCUT2D eigenvalue weighted by atomic mass is 13.4. The highest BCUT2D eigenvalue weighted by Gasteiger charge is 1.42. The van der Waals surface area contributed by atoms with Crippen LogP contribution in [0.1, 0.15) is 0 Å². The molecule has 6 heavy (non-hydrogen) atoms. The van der Waals surface area contributed by atoms with Crippen LogP contribution in [-0.2, 0) is 0 Å². The van der Waals surface area contributed by atoms with Gasteiger partial charge in [0.15, 0.2) is 15.7 Å². The first kappa shape index (κ1) is 5.25. The zero-order valence-electron chi connectivity index (χ0n) is 3.15. The summed E-state index contributed by atoms with van der Waals surface area (Å²) in [5.41, 5.74) is 0. The lowest BCUT2D eigenvalue weighted by molar-refractivity contribution is 2.56. The van der Waals surface area contributed by atoms with Crippen LogP contribution < -0.4 is 0 Å². The van der Waals surface area contributed by atoms with Gasteiger partial charge >= 0.3 is 0 Å². The van der Waals surface area contributed by atoms with Crippen LogP contribution in [0.4, 0.5) is 0 Å². The largest absolute Gasteiger partial charge is 0.189 e. The molecule has 0 atom stereocenters. The summed E-state index contributed by atoms with van der Waals surface area (Å²) in [6.07, 6.45) is 0. The third kappa shape index (κ3) is 3.25. The molecule has 0 saturated heterocycles. The Balaban J connectivity index is 3.43. The second-order valence-corrected chi connectivity index (χ2v) is 0.539.